The first-order chi connectivity index (χ1) is 9.71. The zero-order valence-electron chi connectivity index (χ0n) is 12.7. The Kier molecular flexibility index (Phi) is 8.22. The van der Waals surface area contributed by atoms with E-state index in [0.717, 1.165) is 45.9 Å². The van der Waals surface area contributed by atoms with Crippen molar-refractivity contribution in [3.8, 4) is 12.1 Å². The number of nitriles is 2. The van der Waals surface area contributed by atoms with Crippen LogP contribution in [0.25, 0.3) is 0 Å². The minimum absolute atomic E-state index is 0.0168. The third-order valence-electron chi connectivity index (χ3n) is 3.84. The number of hydrogen-bond donors (Lipinski definition) is 0. The van der Waals surface area contributed by atoms with Crippen molar-refractivity contribution in [1.29, 1.82) is 10.5 Å². The molecule has 0 aromatic carbocycles. The maximum absolute atomic E-state index is 9.13. The highest BCUT2D eigenvalue weighted by atomic mass is 16.5. The van der Waals surface area contributed by atoms with Crippen molar-refractivity contribution in [2.24, 2.45) is 5.92 Å². The topological polar surface area (TPSA) is 63.3 Å². The molecule has 0 bridgehead atoms. The van der Waals surface area contributed by atoms with E-state index in [4.69, 9.17) is 15.3 Å². The number of ether oxygens (including phenoxy) is 1. The zero-order valence-corrected chi connectivity index (χ0v) is 12.7. The van der Waals surface area contributed by atoms with Crippen LogP contribution in [0.15, 0.2) is 0 Å². The predicted octanol–water partition coefficient (Wildman–Crippen LogP) is 1.47. The minimum atomic E-state index is -0.0168. The highest BCUT2D eigenvalue weighted by Gasteiger charge is 2.24. The van der Waals surface area contributed by atoms with Crippen LogP contribution in [0, 0.1) is 28.6 Å². The summed E-state index contributed by atoms with van der Waals surface area (Å²) in [5, 5.41) is 17.7. The Morgan fingerprint density at radius 1 is 1.35 bits per heavy atom. The molecule has 0 radical (unpaired) electrons. The van der Waals surface area contributed by atoms with Crippen LogP contribution in [0.3, 0.4) is 0 Å². The van der Waals surface area contributed by atoms with Crippen LogP contribution in [0.2, 0.25) is 0 Å². The smallest absolute Gasteiger partial charge is 0.0669 e. The monoisotopic (exact) mass is 278 g/mol. The molecule has 1 heterocycles. The first-order valence-corrected chi connectivity index (χ1v) is 7.52. The molecule has 0 unspecified atom stereocenters. The summed E-state index contributed by atoms with van der Waals surface area (Å²) in [5.41, 5.74) is 0. The molecule has 5 nitrogen and oxygen atoms in total. The van der Waals surface area contributed by atoms with E-state index in [1.165, 1.54) is 0 Å². The highest BCUT2D eigenvalue weighted by Crippen LogP contribution is 2.13. The van der Waals surface area contributed by atoms with Gasteiger partial charge in [-0.15, -0.1) is 0 Å². The maximum atomic E-state index is 9.13. The first-order valence-electron chi connectivity index (χ1n) is 7.52. The summed E-state index contributed by atoms with van der Waals surface area (Å²) in [5.74, 6) is -0.0168. The van der Waals surface area contributed by atoms with Crippen LogP contribution < -0.4 is 0 Å². The Hall–Kier alpha value is -1.14. The average Bonchev–Trinajstić information content (AvgIpc) is 2.45. The van der Waals surface area contributed by atoms with Crippen molar-refractivity contribution in [2.75, 3.05) is 45.9 Å². The van der Waals surface area contributed by atoms with Crippen LogP contribution in [0.4, 0.5) is 0 Å². The van der Waals surface area contributed by atoms with Crippen LogP contribution in [0.5, 0.6) is 0 Å². The van der Waals surface area contributed by atoms with Crippen molar-refractivity contribution in [3.63, 3.8) is 0 Å². The van der Waals surface area contributed by atoms with Crippen LogP contribution in [-0.2, 0) is 4.74 Å². The minimum Gasteiger partial charge on any atom is -0.380 e. The molecule has 1 saturated heterocycles. The van der Waals surface area contributed by atoms with E-state index >= 15 is 0 Å². The van der Waals surface area contributed by atoms with E-state index in [9.17, 15) is 0 Å². The number of nitrogens with zero attached hydrogens (tertiary/aromatic N) is 4. The number of piperazine rings is 1. The molecule has 0 amide bonds. The molecule has 20 heavy (non-hydrogen) atoms. The van der Waals surface area contributed by atoms with Gasteiger partial charge in [0.25, 0.3) is 0 Å². The van der Waals surface area contributed by atoms with Crippen molar-refractivity contribution in [1.82, 2.24) is 9.80 Å². The van der Waals surface area contributed by atoms with Gasteiger partial charge in [-0.2, -0.15) is 10.5 Å². The van der Waals surface area contributed by atoms with Gasteiger partial charge in [0.15, 0.2) is 0 Å². The fourth-order valence-electron chi connectivity index (χ4n) is 2.64. The van der Waals surface area contributed by atoms with Gasteiger partial charge in [-0.3, -0.25) is 9.80 Å². The van der Waals surface area contributed by atoms with Gasteiger partial charge >= 0.3 is 0 Å². The van der Waals surface area contributed by atoms with E-state index in [2.05, 4.69) is 28.9 Å². The first kappa shape index (κ1) is 16.9. The van der Waals surface area contributed by atoms with Crippen LogP contribution >= 0.6 is 0 Å². The molecular formula is C15H26N4O. The van der Waals surface area contributed by atoms with Crippen LogP contribution in [0.1, 0.15) is 26.7 Å². The van der Waals surface area contributed by atoms with Crippen molar-refractivity contribution in [3.05, 3.63) is 0 Å². The van der Waals surface area contributed by atoms with Crippen molar-refractivity contribution < 1.29 is 4.74 Å². The molecular weight excluding hydrogens is 252 g/mol. The van der Waals surface area contributed by atoms with Crippen molar-refractivity contribution in [2.45, 2.75) is 32.7 Å². The van der Waals surface area contributed by atoms with E-state index < -0.39 is 0 Å². The molecule has 0 aromatic rings. The Balaban J connectivity index is 2.31. The molecule has 1 rings (SSSR count). The molecule has 0 aliphatic carbocycles. The molecule has 112 valence electrons. The lowest BCUT2D eigenvalue weighted by Gasteiger charge is -2.40. The Morgan fingerprint density at radius 2 is 2.15 bits per heavy atom. The van der Waals surface area contributed by atoms with Gasteiger partial charge in [0.05, 0.1) is 24.7 Å². The summed E-state index contributed by atoms with van der Waals surface area (Å²) in [4.78, 5) is 4.80. The molecule has 1 fully saturated rings. The zero-order chi connectivity index (χ0) is 14.8. The highest BCUT2D eigenvalue weighted by molar-refractivity contribution is 4.90. The molecule has 1 aliphatic heterocycles. The molecule has 0 saturated carbocycles. The van der Waals surface area contributed by atoms with Gasteiger partial charge in [0.2, 0.25) is 0 Å². The molecule has 0 aromatic heterocycles. The van der Waals surface area contributed by atoms with Gasteiger partial charge in [0, 0.05) is 51.8 Å². The normalized spacial score (nSPS) is 22.1. The van der Waals surface area contributed by atoms with E-state index in [1.807, 2.05) is 6.92 Å². The third kappa shape index (κ3) is 5.88. The lowest BCUT2D eigenvalue weighted by Crippen LogP contribution is -2.53. The molecule has 1 aliphatic rings. The maximum Gasteiger partial charge on any atom is 0.0669 e. The van der Waals surface area contributed by atoms with Crippen molar-refractivity contribution >= 4 is 0 Å². The number of hydrogen-bond acceptors (Lipinski definition) is 5. The summed E-state index contributed by atoms with van der Waals surface area (Å²) < 4.78 is 5.41. The van der Waals surface area contributed by atoms with Gasteiger partial charge in [-0.1, -0.05) is 0 Å². The Bertz CT molecular complexity index is 347. The summed E-state index contributed by atoms with van der Waals surface area (Å²) in [7, 11) is 0. The SMILES string of the molecule is CCOCCN1CCN(C[C@H](C#N)CCC#N)C[C@@H]1C. The molecule has 2 atom stereocenters. The summed E-state index contributed by atoms with van der Waals surface area (Å²) in [6, 6.07) is 4.95. The van der Waals surface area contributed by atoms with Gasteiger partial charge in [-0.05, 0) is 20.3 Å². The fourth-order valence-corrected chi connectivity index (χ4v) is 2.64. The molecule has 0 spiro atoms. The van der Waals surface area contributed by atoms with Gasteiger partial charge in [-0.25, -0.2) is 0 Å². The summed E-state index contributed by atoms with van der Waals surface area (Å²) in [6.45, 7) is 10.6. The van der Waals surface area contributed by atoms with E-state index in [1.54, 1.807) is 0 Å². The molecule has 5 heteroatoms. The predicted molar refractivity (Wildman–Crippen MR) is 77.9 cm³/mol. The Morgan fingerprint density at radius 3 is 2.75 bits per heavy atom. The van der Waals surface area contributed by atoms with Crippen LogP contribution in [-0.4, -0.2) is 61.8 Å². The standard InChI is InChI=1S/C15H26N4O/c1-3-20-10-9-19-8-7-18(12-14(19)2)13-15(11-17)5-4-6-16/h14-15H,3-5,7-10,12-13H2,1-2H3/t14-,15-/m0/s1. The lowest BCUT2D eigenvalue weighted by atomic mass is 10.0. The average molecular weight is 278 g/mol. The quantitative estimate of drug-likeness (QED) is 0.629. The van der Waals surface area contributed by atoms with E-state index in [-0.39, 0.29) is 5.92 Å². The Labute approximate surface area is 122 Å². The van der Waals surface area contributed by atoms with Gasteiger partial charge < -0.3 is 4.74 Å². The second kappa shape index (κ2) is 9.72. The largest absolute Gasteiger partial charge is 0.380 e. The number of rotatable bonds is 8. The molecule has 0 N–H and O–H groups in total. The second-order valence-corrected chi connectivity index (χ2v) is 5.36. The summed E-state index contributed by atoms with van der Waals surface area (Å²) in [6.07, 6.45) is 1.16. The van der Waals surface area contributed by atoms with Gasteiger partial charge in [0.1, 0.15) is 0 Å². The van der Waals surface area contributed by atoms with E-state index in [0.29, 0.717) is 18.9 Å². The fraction of sp³-hybridized carbons (Fsp3) is 0.867. The third-order valence-corrected chi connectivity index (χ3v) is 3.84. The summed E-state index contributed by atoms with van der Waals surface area (Å²) >= 11 is 0. The second-order valence-electron chi connectivity index (χ2n) is 5.36. The lowest BCUT2D eigenvalue weighted by molar-refractivity contribution is 0.0459.